The summed E-state index contributed by atoms with van der Waals surface area (Å²) in [5.41, 5.74) is 2.73. The molecule has 0 atom stereocenters. The second kappa shape index (κ2) is 5.91. The molecule has 2 heterocycles. The minimum Gasteiger partial charge on any atom is -0.496 e. The number of hydrogen-bond donors (Lipinski definition) is 2. The highest BCUT2D eigenvalue weighted by Crippen LogP contribution is 2.40. The number of methoxy groups -OCH3 is 1. The number of anilines is 2. The first-order valence-corrected chi connectivity index (χ1v) is 10.1. The number of fused-ring (bicyclic) bond motifs is 1. The monoisotopic (exact) mass is 345 g/mol. The van der Waals surface area contributed by atoms with Crippen molar-refractivity contribution in [3.05, 3.63) is 29.7 Å². The molecule has 0 aliphatic carbocycles. The zero-order valence-electron chi connectivity index (χ0n) is 14.3. The number of aromatic amines is 1. The van der Waals surface area contributed by atoms with Crippen molar-refractivity contribution in [2.24, 2.45) is 0 Å². The van der Waals surface area contributed by atoms with Gasteiger partial charge < -0.3 is 14.6 Å². The van der Waals surface area contributed by atoms with Gasteiger partial charge in [-0.2, -0.15) is 5.10 Å². The second-order valence-corrected chi connectivity index (χ2v) is 9.25. The molecule has 0 spiro atoms. The SMILES string of the molecule is COc1cc2ncnc(Nc3n[nH]c(C)c3C)c2cc1P(C)(C)=O. The molecule has 0 saturated carbocycles. The quantitative estimate of drug-likeness (QED) is 0.706. The van der Waals surface area contributed by atoms with E-state index in [4.69, 9.17) is 4.74 Å². The fourth-order valence-electron chi connectivity index (χ4n) is 2.48. The summed E-state index contributed by atoms with van der Waals surface area (Å²) < 4.78 is 18.0. The van der Waals surface area contributed by atoms with E-state index in [0.29, 0.717) is 28.2 Å². The number of nitrogens with one attached hydrogen (secondary N) is 2. The Morgan fingerprint density at radius 2 is 1.92 bits per heavy atom. The molecule has 0 fully saturated rings. The Hall–Kier alpha value is -2.40. The van der Waals surface area contributed by atoms with Gasteiger partial charge in [0, 0.05) is 22.7 Å². The summed E-state index contributed by atoms with van der Waals surface area (Å²) in [6, 6.07) is 3.63. The van der Waals surface area contributed by atoms with Crippen LogP contribution < -0.4 is 15.4 Å². The lowest BCUT2D eigenvalue weighted by molar-refractivity contribution is 0.418. The van der Waals surface area contributed by atoms with Crippen LogP contribution in [0.25, 0.3) is 10.9 Å². The topological polar surface area (TPSA) is 92.8 Å². The van der Waals surface area contributed by atoms with Gasteiger partial charge in [-0.25, -0.2) is 9.97 Å². The molecule has 2 aromatic heterocycles. The van der Waals surface area contributed by atoms with E-state index in [1.807, 2.05) is 19.9 Å². The lowest BCUT2D eigenvalue weighted by Gasteiger charge is -2.15. The van der Waals surface area contributed by atoms with Gasteiger partial charge in [0.05, 0.1) is 17.9 Å². The number of benzene rings is 1. The molecule has 3 aromatic rings. The van der Waals surface area contributed by atoms with Gasteiger partial charge >= 0.3 is 0 Å². The minimum atomic E-state index is -2.51. The van der Waals surface area contributed by atoms with Crippen LogP contribution in [-0.4, -0.2) is 40.6 Å². The Balaban J connectivity index is 2.19. The van der Waals surface area contributed by atoms with Crippen LogP contribution in [0.1, 0.15) is 11.3 Å². The van der Waals surface area contributed by atoms with Gasteiger partial charge in [-0.3, -0.25) is 5.10 Å². The molecule has 1 aromatic carbocycles. The first-order chi connectivity index (χ1) is 11.3. The van der Waals surface area contributed by atoms with Crippen LogP contribution in [0.15, 0.2) is 18.5 Å². The summed E-state index contributed by atoms with van der Waals surface area (Å²) in [4.78, 5) is 8.62. The van der Waals surface area contributed by atoms with Crippen molar-refractivity contribution >= 4 is 35.0 Å². The van der Waals surface area contributed by atoms with Gasteiger partial charge in [0.2, 0.25) is 0 Å². The molecule has 8 heteroatoms. The number of aryl methyl sites for hydroxylation is 1. The van der Waals surface area contributed by atoms with Gasteiger partial charge in [0.25, 0.3) is 0 Å². The number of nitrogens with zero attached hydrogens (tertiary/aromatic N) is 3. The molecule has 0 unspecified atom stereocenters. The summed E-state index contributed by atoms with van der Waals surface area (Å²) in [5.74, 6) is 1.90. The van der Waals surface area contributed by atoms with Gasteiger partial charge in [-0.15, -0.1) is 0 Å². The molecule has 0 aliphatic heterocycles. The fraction of sp³-hybridized carbons (Fsp3) is 0.312. The number of ether oxygens (including phenoxy) is 1. The molecule has 0 amide bonds. The van der Waals surface area contributed by atoms with Crippen molar-refractivity contribution < 1.29 is 9.30 Å². The molecule has 0 radical (unpaired) electrons. The van der Waals surface area contributed by atoms with Crippen LogP contribution >= 0.6 is 7.14 Å². The van der Waals surface area contributed by atoms with Gasteiger partial charge in [0.15, 0.2) is 5.82 Å². The Morgan fingerprint density at radius 1 is 1.17 bits per heavy atom. The number of H-pyrrole nitrogens is 1. The fourth-order valence-corrected chi connectivity index (χ4v) is 3.60. The van der Waals surface area contributed by atoms with E-state index in [9.17, 15) is 4.57 Å². The third kappa shape index (κ3) is 2.87. The lowest BCUT2D eigenvalue weighted by atomic mass is 10.2. The molecule has 2 N–H and O–H groups in total. The van der Waals surface area contributed by atoms with Gasteiger partial charge in [-0.05, 0) is 33.2 Å². The Bertz CT molecular complexity index is 961. The minimum absolute atomic E-state index is 0.576. The van der Waals surface area contributed by atoms with Crippen LogP contribution in [0.4, 0.5) is 11.6 Å². The van der Waals surface area contributed by atoms with E-state index >= 15 is 0 Å². The van der Waals surface area contributed by atoms with Crippen molar-refractivity contribution in [3.63, 3.8) is 0 Å². The number of aromatic nitrogens is 4. The molecular weight excluding hydrogens is 325 g/mol. The zero-order chi connectivity index (χ0) is 17.5. The smallest absolute Gasteiger partial charge is 0.156 e. The molecule has 24 heavy (non-hydrogen) atoms. The highest BCUT2D eigenvalue weighted by molar-refractivity contribution is 7.70. The van der Waals surface area contributed by atoms with E-state index in [2.05, 4.69) is 25.5 Å². The summed E-state index contributed by atoms with van der Waals surface area (Å²) >= 11 is 0. The van der Waals surface area contributed by atoms with E-state index in [-0.39, 0.29) is 0 Å². The normalized spacial score (nSPS) is 11.7. The molecule has 0 bridgehead atoms. The third-order valence-corrected chi connectivity index (χ3v) is 5.52. The van der Waals surface area contributed by atoms with Crippen molar-refractivity contribution in [1.82, 2.24) is 20.2 Å². The van der Waals surface area contributed by atoms with Crippen molar-refractivity contribution in [2.75, 3.05) is 25.8 Å². The molecule has 0 aliphatic rings. The molecule has 7 nitrogen and oxygen atoms in total. The lowest BCUT2D eigenvalue weighted by Crippen LogP contribution is -2.09. The Morgan fingerprint density at radius 3 is 2.50 bits per heavy atom. The van der Waals surface area contributed by atoms with E-state index in [1.54, 1.807) is 26.5 Å². The predicted octanol–water partition coefficient (Wildman–Crippen LogP) is 2.97. The molecule has 0 saturated heterocycles. The largest absolute Gasteiger partial charge is 0.496 e. The summed E-state index contributed by atoms with van der Waals surface area (Å²) in [6.45, 7) is 7.37. The first kappa shape index (κ1) is 16.5. The number of rotatable bonds is 4. The van der Waals surface area contributed by atoms with Crippen molar-refractivity contribution in [3.8, 4) is 5.75 Å². The van der Waals surface area contributed by atoms with Crippen LogP contribution in [-0.2, 0) is 4.57 Å². The van der Waals surface area contributed by atoms with E-state index < -0.39 is 7.14 Å². The van der Waals surface area contributed by atoms with Crippen LogP contribution in [0.5, 0.6) is 5.75 Å². The summed E-state index contributed by atoms with van der Waals surface area (Å²) in [6.07, 6.45) is 1.48. The molecule has 126 valence electrons. The number of hydrogen-bond acceptors (Lipinski definition) is 6. The van der Waals surface area contributed by atoms with E-state index in [1.165, 1.54) is 6.33 Å². The maximum Gasteiger partial charge on any atom is 0.156 e. The Labute approximate surface area is 140 Å². The highest BCUT2D eigenvalue weighted by atomic mass is 31.2. The second-order valence-electron chi connectivity index (χ2n) is 6.06. The van der Waals surface area contributed by atoms with Crippen molar-refractivity contribution in [2.45, 2.75) is 13.8 Å². The average Bonchev–Trinajstić information content (AvgIpc) is 2.85. The van der Waals surface area contributed by atoms with Gasteiger partial charge in [0.1, 0.15) is 25.0 Å². The maximum atomic E-state index is 12.6. The maximum absolute atomic E-state index is 12.6. The highest BCUT2D eigenvalue weighted by Gasteiger charge is 2.20. The van der Waals surface area contributed by atoms with Crippen LogP contribution in [0, 0.1) is 13.8 Å². The summed E-state index contributed by atoms with van der Waals surface area (Å²) in [5, 5.41) is 11.9. The summed E-state index contributed by atoms with van der Waals surface area (Å²) in [7, 11) is -0.948. The Kier molecular flexibility index (Phi) is 4.05. The first-order valence-electron chi connectivity index (χ1n) is 7.48. The standard InChI is InChI=1S/C16H20N5O2P/c1-9-10(2)20-21-15(9)19-16-11-6-14(24(4,5)22)13(23-3)7-12(11)17-8-18-16/h6-8H,1-5H3,(H2,17,18,19,20,21). The third-order valence-electron chi connectivity index (χ3n) is 4.01. The average molecular weight is 345 g/mol. The van der Waals surface area contributed by atoms with Crippen LogP contribution in [0.3, 0.4) is 0 Å². The predicted molar refractivity (Wildman–Crippen MR) is 96.5 cm³/mol. The van der Waals surface area contributed by atoms with Crippen molar-refractivity contribution in [1.29, 1.82) is 0 Å². The van der Waals surface area contributed by atoms with Crippen LogP contribution in [0.2, 0.25) is 0 Å². The van der Waals surface area contributed by atoms with E-state index in [0.717, 1.165) is 16.6 Å². The molecular formula is C16H20N5O2P. The molecule has 3 rings (SSSR count). The van der Waals surface area contributed by atoms with Gasteiger partial charge in [-0.1, -0.05) is 0 Å². The zero-order valence-corrected chi connectivity index (χ0v) is 15.2.